The molecule has 3 aromatic rings. The van der Waals surface area contributed by atoms with Crippen molar-refractivity contribution in [3.8, 4) is 0 Å². The van der Waals surface area contributed by atoms with Gasteiger partial charge in [-0.3, -0.25) is 14.6 Å². The van der Waals surface area contributed by atoms with Gasteiger partial charge < -0.3 is 10.6 Å². The maximum Gasteiger partial charge on any atom is 0.254 e. The molecule has 1 aromatic heterocycles. The molecule has 2 heterocycles. The van der Waals surface area contributed by atoms with Crippen LogP contribution in [0.5, 0.6) is 0 Å². The van der Waals surface area contributed by atoms with Crippen molar-refractivity contribution in [2.75, 3.05) is 5.32 Å². The van der Waals surface area contributed by atoms with Crippen LogP contribution in [0.15, 0.2) is 102 Å². The summed E-state index contributed by atoms with van der Waals surface area (Å²) >= 11 is 0. The zero-order valence-corrected chi connectivity index (χ0v) is 18.7. The number of benzene rings is 2. The Morgan fingerprint density at radius 2 is 1.76 bits per heavy atom. The van der Waals surface area contributed by atoms with E-state index < -0.39 is 5.92 Å². The van der Waals surface area contributed by atoms with Gasteiger partial charge in [-0.1, -0.05) is 42.5 Å². The zero-order valence-electron chi connectivity index (χ0n) is 18.7. The van der Waals surface area contributed by atoms with Gasteiger partial charge in [0.1, 0.15) is 5.82 Å². The summed E-state index contributed by atoms with van der Waals surface area (Å²) in [5.74, 6) is -1.22. The van der Waals surface area contributed by atoms with Gasteiger partial charge >= 0.3 is 0 Å². The summed E-state index contributed by atoms with van der Waals surface area (Å²) in [5.41, 5.74) is 4.92. The Bertz CT molecular complexity index is 1300. The molecule has 5 rings (SSSR count). The number of carbonyl (C=O) groups is 2. The van der Waals surface area contributed by atoms with Crippen molar-refractivity contribution in [2.24, 2.45) is 0 Å². The van der Waals surface area contributed by atoms with E-state index in [9.17, 15) is 14.0 Å². The highest BCUT2D eigenvalue weighted by molar-refractivity contribution is 6.09. The first-order valence-electron chi connectivity index (χ1n) is 11.3. The minimum atomic E-state index is -0.585. The van der Waals surface area contributed by atoms with Crippen LogP contribution in [0.4, 0.5) is 10.1 Å². The Hall–Kier alpha value is -4.06. The molecule has 0 radical (unpaired) electrons. The monoisotopic (exact) mass is 453 g/mol. The third-order valence-electron chi connectivity index (χ3n) is 6.47. The number of pyridine rings is 1. The van der Waals surface area contributed by atoms with Gasteiger partial charge in [-0.2, -0.15) is 0 Å². The number of hydrogen-bond donors (Lipinski definition) is 2. The molecular formula is C28H24FN3O2. The number of amides is 1. The van der Waals surface area contributed by atoms with Crippen LogP contribution >= 0.6 is 0 Å². The van der Waals surface area contributed by atoms with Crippen LogP contribution in [-0.4, -0.2) is 16.7 Å². The van der Waals surface area contributed by atoms with E-state index in [4.69, 9.17) is 0 Å². The number of hydrogen-bond acceptors (Lipinski definition) is 4. The molecule has 0 unspecified atom stereocenters. The Morgan fingerprint density at radius 3 is 2.47 bits per heavy atom. The second kappa shape index (κ2) is 9.06. The fourth-order valence-electron chi connectivity index (χ4n) is 4.92. The number of Topliss-reactive ketones (excluding diaryl/α,β-unsaturated/α-hetero) is 1. The highest BCUT2D eigenvalue weighted by Crippen LogP contribution is 2.45. The van der Waals surface area contributed by atoms with E-state index in [0.717, 1.165) is 11.3 Å². The van der Waals surface area contributed by atoms with Crippen LogP contribution < -0.4 is 10.6 Å². The minimum absolute atomic E-state index is 0.00361. The third-order valence-corrected chi connectivity index (χ3v) is 6.47. The van der Waals surface area contributed by atoms with Crippen molar-refractivity contribution in [3.63, 3.8) is 0 Å². The third kappa shape index (κ3) is 4.15. The maximum absolute atomic E-state index is 13.7. The van der Waals surface area contributed by atoms with Crippen LogP contribution in [0.25, 0.3) is 0 Å². The van der Waals surface area contributed by atoms with Crippen LogP contribution in [0.3, 0.4) is 0 Å². The van der Waals surface area contributed by atoms with Gasteiger partial charge in [0.05, 0.1) is 11.9 Å². The molecule has 0 saturated heterocycles. The van der Waals surface area contributed by atoms with E-state index in [1.165, 1.54) is 12.1 Å². The average molecular weight is 454 g/mol. The number of halogens is 1. The average Bonchev–Trinajstić information content (AvgIpc) is 2.84. The summed E-state index contributed by atoms with van der Waals surface area (Å²) in [4.78, 5) is 31.1. The van der Waals surface area contributed by atoms with Gasteiger partial charge in [-0.15, -0.1) is 0 Å². The lowest BCUT2D eigenvalue weighted by atomic mass is 9.71. The number of aromatic nitrogens is 1. The summed E-state index contributed by atoms with van der Waals surface area (Å²) in [7, 11) is 0. The number of rotatable bonds is 4. The standard InChI is InChI=1S/C28H24FN3O2/c1-17-25(28(34)32-22-8-5-13-30-16-22)26(19-9-11-21(29)12-10-19)27-23(31-17)14-20(15-24(27)33)18-6-3-2-4-7-18/h2-13,16,20,26,31H,14-15H2,1H3,(H,32,34)/t20-,26+/m1/s1. The van der Waals surface area contributed by atoms with Gasteiger partial charge in [0.25, 0.3) is 5.91 Å². The first-order chi connectivity index (χ1) is 16.5. The second-order valence-corrected chi connectivity index (χ2v) is 8.68. The van der Waals surface area contributed by atoms with Gasteiger partial charge in [-0.05, 0) is 54.7 Å². The number of carbonyl (C=O) groups excluding carboxylic acids is 2. The lowest BCUT2D eigenvalue weighted by molar-refractivity contribution is -0.116. The van der Waals surface area contributed by atoms with Crippen molar-refractivity contribution < 1.29 is 14.0 Å². The van der Waals surface area contributed by atoms with Crippen LogP contribution in [0.1, 0.15) is 42.7 Å². The van der Waals surface area contributed by atoms with E-state index in [2.05, 4.69) is 15.6 Å². The van der Waals surface area contributed by atoms with Gasteiger partial charge in [0.2, 0.25) is 0 Å². The Labute approximate surface area is 197 Å². The molecule has 2 aliphatic rings. The highest BCUT2D eigenvalue weighted by atomic mass is 19.1. The lowest BCUT2D eigenvalue weighted by Crippen LogP contribution is -2.37. The molecule has 0 fully saturated rings. The summed E-state index contributed by atoms with van der Waals surface area (Å²) in [6.07, 6.45) is 4.22. The number of nitrogens with zero attached hydrogens (tertiary/aromatic N) is 1. The number of allylic oxidation sites excluding steroid dienone is 3. The summed E-state index contributed by atoms with van der Waals surface area (Å²) in [6, 6.07) is 19.5. The first kappa shape index (κ1) is 21.8. The normalized spacial score (nSPS) is 20.0. The molecule has 0 saturated carbocycles. The molecule has 1 amide bonds. The largest absolute Gasteiger partial charge is 0.362 e. The smallest absolute Gasteiger partial charge is 0.254 e. The molecule has 1 aliphatic heterocycles. The molecule has 34 heavy (non-hydrogen) atoms. The fraction of sp³-hybridized carbons (Fsp3) is 0.179. The zero-order chi connectivity index (χ0) is 23.7. The maximum atomic E-state index is 13.7. The van der Waals surface area contributed by atoms with Crippen molar-refractivity contribution in [1.82, 2.24) is 10.3 Å². The van der Waals surface area contributed by atoms with Crippen molar-refractivity contribution >= 4 is 17.4 Å². The number of ketones is 1. The predicted octanol–water partition coefficient (Wildman–Crippen LogP) is 5.22. The number of nitrogens with one attached hydrogen (secondary N) is 2. The molecule has 6 heteroatoms. The Kier molecular flexibility index (Phi) is 5.80. The fourth-order valence-corrected chi connectivity index (χ4v) is 4.92. The molecule has 170 valence electrons. The van der Waals surface area contributed by atoms with E-state index in [1.54, 1.807) is 36.7 Å². The number of dihydropyridines is 1. The predicted molar refractivity (Wildman–Crippen MR) is 128 cm³/mol. The molecule has 0 bridgehead atoms. The molecule has 5 nitrogen and oxygen atoms in total. The Balaban J connectivity index is 1.56. The van der Waals surface area contributed by atoms with Gasteiger partial charge in [0.15, 0.2) is 5.78 Å². The lowest BCUT2D eigenvalue weighted by Gasteiger charge is -2.37. The number of anilines is 1. The molecule has 1 aliphatic carbocycles. The van der Waals surface area contributed by atoms with Crippen LogP contribution in [0, 0.1) is 5.82 Å². The first-order valence-corrected chi connectivity index (χ1v) is 11.3. The summed E-state index contributed by atoms with van der Waals surface area (Å²) < 4.78 is 13.7. The molecule has 2 atom stereocenters. The summed E-state index contributed by atoms with van der Waals surface area (Å²) in [5, 5.41) is 6.26. The highest BCUT2D eigenvalue weighted by Gasteiger charge is 2.40. The quantitative estimate of drug-likeness (QED) is 0.568. The van der Waals surface area contributed by atoms with Crippen molar-refractivity contribution in [3.05, 3.63) is 119 Å². The minimum Gasteiger partial charge on any atom is -0.362 e. The van der Waals surface area contributed by atoms with E-state index in [1.807, 2.05) is 37.3 Å². The summed E-state index contributed by atoms with van der Waals surface area (Å²) in [6.45, 7) is 1.84. The van der Waals surface area contributed by atoms with Crippen molar-refractivity contribution in [2.45, 2.75) is 31.6 Å². The molecule has 0 spiro atoms. The molecule has 2 aromatic carbocycles. The Morgan fingerprint density at radius 1 is 1.00 bits per heavy atom. The SMILES string of the molecule is CC1=C(C(=O)Nc2cccnc2)[C@H](c2ccc(F)cc2)C2=C(C[C@@H](c3ccccc3)CC2=O)N1. The second-order valence-electron chi connectivity index (χ2n) is 8.68. The molecule has 2 N–H and O–H groups in total. The molecular weight excluding hydrogens is 429 g/mol. The van der Waals surface area contributed by atoms with Gasteiger partial charge in [0, 0.05) is 41.1 Å². The van der Waals surface area contributed by atoms with E-state index in [-0.39, 0.29) is 23.4 Å². The van der Waals surface area contributed by atoms with E-state index in [0.29, 0.717) is 40.9 Å². The topological polar surface area (TPSA) is 71.1 Å². The van der Waals surface area contributed by atoms with Gasteiger partial charge in [-0.25, -0.2) is 4.39 Å². The van der Waals surface area contributed by atoms with Crippen molar-refractivity contribution in [1.29, 1.82) is 0 Å². The van der Waals surface area contributed by atoms with Crippen LogP contribution in [-0.2, 0) is 9.59 Å². The van der Waals surface area contributed by atoms with Crippen LogP contribution in [0.2, 0.25) is 0 Å². The van der Waals surface area contributed by atoms with E-state index >= 15 is 0 Å².